The van der Waals surface area contributed by atoms with E-state index in [0.717, 1.165) is 0 Å². The average Bonchev–Trinajstić information content (AvgIpc) is 3.53. The Morgan fingerprint density at radius 2 is 1.72 bits per heavy atom. The first-order valence-electron chi connectivity index (χ1n) is 12.6. The lowest BCUT2D eigenvalue weighted by molar-refractivity contribution is 0.718. The lowest BCUT2D eigenvalue weighted by Crippen LogP contribution is -2.40. The maximum Gasteiger partial charge on any atom is 0.0715 e. The van der Waals surface area contributed by atoms with Crippen LogP contribution in [0, 0.1) is 5.92 Å². The molecular weight excluding hydrogens is 400 g/mol. The molecule has 0 saturated carbocycles. The summed E-state index contributed by atoms with van der Waals surface area (Å²) in [6, 6.07) is 18.9. The van der Waals surface area contributed by atoms with Gasteiger partial charge < -0.3 is 0 Å². The predicted molar refractivity (Wildman–Crippen MR) is 142 cm³/mol. The van der Waals surface area contributed by atoms with E-state index in [0.29, 0.717) is 17.0 Å². The molecule has 0 radical (unpaired) electrons. The Morgan fingerprint density at radius 3 is 2.53 bits per heavy atom. The van der Waals surface area contributed by atoms with E-state index in [1.54, 1.807) is 33.4 Å². The molecular formula is C31H34Si. The van der Waals surface area contributed by atoms with Crippen LogP contribution >= 0.6 is 0 Å². The second-order valence-corrected chi connectivity index (χ2v) is 15.8. The summed E-state index contributed by atoms with van der Waals surface area (Å²) in [6.07, 6.45) is 12.8. The molecule has 3 unspecified atom stereocenters. The van der Waals surface area contributed by atoms with Crippen molar-refractivity contribution in [3.05, 3.63) is 94.1 Å². The Bertz CT molecular complexity index is 1290. The first-order chi connectivity index (χ1) is 15.5. The van der Waals surface area contributed by atoms with Gasteiger partial charge in [0.25, 0.3) is 0 Å². The number of fused-ring (bicyclic) bond motifs is 5. The Kier molecular flexibility index (Phi) is 4.63. The molecule has 6 rings (SSSR count). The second-order valence-electron chi connectivity index (χ2n) is 10.9. The molecule has 3 aromatic rings. The molecule has 3 aromatic carbocycles. The van der Waals surface area contributed by atoms with Crippen LogP contribution in [0.15, 0.2) is 60.7 Å². The van der Waals surface area contributed by atoms with Gasteiger partial charge in [-0.2, -0.15) is 0 Å². The van der Waals surface area contributed by atoms with Gasteiger partial charge in [-0.1, -0.05) is 93.7 Å². The van der Waals surface area contributed by atoms with Crippen LogP contribution < -0.4 is 0 Å². The summed E-state index contributed by atoms with van der Waals surface area (Å²) < 4.78 is 0. The van der Waals surface area contributed by atoms with Gasteiger partial charge in [0.15, 0.2) is 0 Å². The van der Waals surface area contributed by atoms with Crippen LogP contribution in [0.5, 0.6) is 0 Å². The van der Waals surface area contributed by atoms with Gasteiger partial charge in [-0.05, 0) is 92.4 Å². The van der Waals surface area contributed by atoms with E-state index < -0.39 is 8.07 Å². The van der Waals surface area contributed by atoms with Crippen molar-refractivity contribution in [3.8, 4) is 0 Å². The molecule has 0 bridgehead atoms. The average molecular weight is 435 g/mol. The molecule has 0 nitrogen and oxygen atoms in total. The van der Waals surface area contributed by atoms with Crippen molar-refractivity contribution in [2.45, 2.75) is 63.7 Å². The van der Waals surface area contributed by atoms with E-state index in [4.69, 9.17) is 0 Å². The molecule has 0 spiro atoms. The standard InChI is InChI=1S/C31H34Si/c1-5-20(2)27-19-31(29-18-23-11-8-10-22(23)17-28(27)29)32(3,4)30-16-15-25-24-12-7-6-9-21(24)13-14-26(25)30/h6-7,9,12-20,30-31H,5,8,10-11H2,1-4H3. The fraction of sp³-hybridized carbons (Fsp3) is 0.355. The minimum absolute atomic E-state index is 0.570. The Labute approximate surface area is 194 Å². The highest BCUT2D eigenvalue weighted by atomic mass is 28.3. The zero-order valence-electron chi connectivity index (χ0n) is 19.9. The molecule has 0 N–H and O–H groups in total. The third kappa shape index (κ3) is 2.87. The zero-order chi connectivity index (χ0) is 22.0. The van der Waals surface area contributed by atoms with Crippen molar-refractivity contribution < 1.29 is 0 Å². The molecule has 0 fully saturated rings. The van der Waals surface area contributed by atoms with E-state index in [9.17, 15) is 0 Å². The highest BCUT2D eigenvalue weighted by Gasteiger charge is 2.44. The summed E-state index contributed by atoms with van der Waals surface area (Å²) in [6.45, 7) is 10.1. The van der Waals surface area contributed by atoms with E-state index in [1.807, 2.05) is 0 Å². The molecule has 0 saturated heterocycles. The van der Waals surface area contributed by atoms with Gasteiger partial charge >= 0.3 is 0 Å². The Hall–Kier alpha value is -2.38. The largest absolute Gasteiger partial charge is 0.0791 e. The number of benzene rings is 3. The van der Waals surface area contributed by atoms with Gasteiger partial charge in [-0.15, -0.1) is 0 Å². The Morgan fingerprint density at radius 1 is 0.938 bits per heavy atom. The fourth-order valence-electron chi connectivity index (χ4n) is 6.68. The predicted octanol–water partition coefficient (Wildman–Crippen LogP) is 8.45. The van der Waals surface area contributed by atoms with Crippen LogP contribution in [-0.4, -0.2) is 8.07 Å². The molecule has 0 aromatic heterocycles. The van der Waals surface area contributed by atoms with Gasteiger partial charge in [0.2, 0.25) is 0 Å². The molecule has 3 aliphatic carbocycles. The van der Waals surface area contributed by atoms with Crippen molar-refractivity contribution in [1.29, 1.82) is 0 Å². The molecule has 0 amide bonds. The number of hydrogen-bond acceptors (Lipinski definition) is 0. The summed E-state index contributed by atoms with van der Waals surface area (Å²) in [5, 5.41) is 2.77. The van der Waals surface area contributed by atoms with Crippen LogP contribution in [0.3, 0.4) is 0 Å². The third-order valence-electron chi connectivity index (χ3n) is 8.80. The minimum atomic E-state index is -1.72. The molecule has 162 valence electrons. The van der Waals surface area contributed by atoms with E-state index >= 15 is 0 Å². The van der Waals surface area contributed by atoms with Crippen LogP contribution in [0.25, 0.3) is 22.4 Å². The summed E-state index contributed by atoms with van der Waals surface area (Å²) in [7, 11) is -1.72. The normalized spacial score (nSPS) is 22.1. The minimum Gasteiger partial charge on any atom is -0.0791 e. The van der Waals surface area contributed by atoms with E-state index in [2.05, 4.69) is 93.7 Å². The summed E-state index contributed by atoms with van der Waals surface area (Å²) in [5.41, 5.74) is 12.3. The van der Waals surface area contributed by atoms with E-state index in [1.165, 1.54) is 42.0 Å². The second kappa shape index (κ2) is 7.32. The maximum absolute atomic E-state index is 2.72. The van der Waals surface area contributed by atoms with Crippen LogP contribution in [0.4, 0.5) is 0 Å². The summed E-state index contributed by atoms with van der Waals surface area (Å²) >= 11 is 0. The van der Waals surface area contributed by atoms with Crippen LogP contribution in [0.2, 0.25) is 13.1 Å². The number of allylic oxidation sites excluding steroid dienone is 3. The SMILES string of the molecule is CCC(C)C1=CC([Si](C)(C)C2C=Cc3c2ccc2ccccc32)c2cc3c(cc21)CCC3. The van der Waals surface area contributed by atoms with Crippen molar-refractivity contribution in [3.63, 3.8) is 0 Å². The lowest BCUT2D eigenvalue weighted by atomic mass is 9.91. The molecule has 3 atom stereocenters. The van der Waals surface area contributed by atoms with Gasteiger partial charge in [0, 0.05) is 0 Å². The summed E-state index contributed by atoms with van der Waals surface area (Å²) in [5.74, 6) is 0.637. The van der Waals surface area contributed by atoms with Crippen molar-refractivity contribution in [1.82, 2.24) is 0 Å². The van der Waals surface area contributed by atoms with Crippen molar-refractivity contribution >= 4 is 30.5 Å². The number of hydrogen-bond donors (Lipinski definition) is 0. The van der Waals surface area contributed by atoms with Gasteiger partial charge in [0.05, 0.1) is 8.07 Å². The highest BCUT2D eigenvalue weighted by molar-refractivity contribution is 6.81. The van der Waals surface area contributed by atoms with Gasteiger partial charge in [0.1, 0.15) is 0 Å². The summed E-state index contributed by atoms with van der Waals surface area (Å²) in [4.78, 5) is 0. The smallest absolute Gasteiger partial charge is 0.0715 e. The van der Waals surface area contributed by atoms with E-state index in [-0.39, 0.29) is 0 Å². The van der Waals surface area contributed by atoms with Gasteiger partial charge in [-0.3, -0.25) is 0 Å². The zero-order valence-corrected chi connectivity index (χ0v) is 20.9. The topological polar surface area (TPSA) is 0 Å². The molecule has 0 heterocycles. The van der Waals surface area contributed by atoms with Crippen molar-refractivity contribution in [2.75, 3.05) is 0 Å². The maximum atomic E-state index is 2.72. The monoisotopic (exact) mass is 434 g/mol. The quantitative estimate of drug-likeness (QED) is 0.361. The van der Waals surface area contributed by atoms with Crippen molar-refractivity contribution in [2.24, 2.45) is 5.92 Å². The number of aryl methyl sites for hydroxylation is 2. The first kappa shape index (κ1) is 20.2. The lowest BCUT2D eigenvalue weighted by Gasteiger charge is -2.35. The Balaban J connectivity index is 1.47. The van der Waals surface area contributed by atoms with Gasteiger partial charge in [-0.25, -0.2) is 0 Å². The van der Waals surface area contributed by atoms with Crippen LogP contribution in [0.1, 0.15) is 71.2 Å². The fourth-order valence-corrected chi connectivity index (χ4v) is 10.4. The first-order valence-corrected chi connectivity index (χ1v) is 15.7. The molecule has 32 heavy (non-hydrogen) atoms. The molecule has 3 aliphatic rings. The third-order valence-corrected chi connectivity index (χ3v) is 13.0. The van der Waals surface area contributed by atoms with Crippen LogP contribution in [-0.2, 0) is 12.8 Å². The highest BCUT2D eigenvalue weighted by Crippen LogP contribution is 2.52. The molecule has 1 heteroatoms. The number of rotatable bonds is 4. The molecule has 0 aliphatic heterocycles.